The Kier molecular flexibility index (Phi) is 13.8. The Morgan fingerprint density at radius 1 is 0.909 bits per heavy atom. The van der Waals surface area contributed by atoms with Gasteiger partial charge < -0.3 is 40.1 Å². The minimum absolute atomic E-state index is 0.0616. The lowest BCUT2D eigenvalue weighted by Gasteiger charge is -2.19. The number of hydrogen-bond donors (Lipinski definition) is 3. The second kappa shape index (κ2) is 18.4. The van der Waals surface area contributed by atoms with Gasteiger partial charge in [0.05, 0.1) is 13.0 Å². The first-order valence-electron chi connectivity index (χ1n) is 17.3. The summed E-state index contributed by atoms with van der Waals surface area (Å²) < 4.78 is 25.9. The number of carbonyl (C=O) groups is 6. The average molecular weight is 758 g/mol. The van der Waals surface area contributed by atoms with Crippen molar-refractivity contribution in [2.24, 2.45) is 22.6 Å². The minimum atomic E-state index is -1.30. The highest BCUT2D eigenvalue weighted by molar-refractivity contribution is 6.11. The van der Waals surface area contributed by atoms with E-state index in [2.05, 4.69) is 27.2 Å². The maximum Gasteiger partial charge on any atom is 0.438 e. The lowest BCUT2D eigenvalue weighted by atomic mass is 9.94. The first-order valence-corrected chi connectivity index (χ1v) is 17.3. The van der Waals surface area contributed by atoms with Crippen LogP contribution in [0.3, 0.4) is 0 Å². The third-order valence-corrected chi connectivity index (χ3v) is 7.97. The van der Waals surface area contributed by atoms with Gasteiger partial charge in [0.1, 0.15) is 17.3 Å². The number of rotatable bonds is 15. The van der Waals surface area contributed by atoms with E-state index in [4.69, 9.17) is 29.4 Å². The number of hydrogen-bond acceptors (Lipinski definition) is 12. The monoisotopic (exact) mass is 757 g/mol. The van der Waals surface area contributed by atoms with Gasteiger partial charge in [-0.3, -0.25) is 19.2 Å². The number of methoxy groups -OCH3 is 1. The van der Waals surface area contributed by atoms with Crippen LogP contribution in [-0.2, 0) is 28.5 Å². The number of benzene rings is 2. The average Bonchev–Trinajstić information content (AvgIpc) is 3.97. The first kappa shape index (κ1) is 41.2. The lowest BCUT2D eigenvalue weighted by molar-refractivity contribution is -0.169. The van der Waals surface area contributed by atoms with Gasteiger partial charge in [-0.1, -0.05) is 26.5 Å². The van der Waals surface area contributed by atoms with Crippen molar-refractivity contribution in [1.29, 1.82) is 0 Å². The van der Waals surface area contributed by atoms with Crippen LogP contribution in [0.2, 0.25) is 0 Å². The summed E-state index contributed by atoms with van der Waals surface area (Å²) in [6.07, 6.45) is -0.0559. The van der Waals surface area contributed by atoms with Crippen molar-refractivity contribution in [2.75, 3.05) is 19.0 Å². The number of nitrogens with two attached hydrogens (primary N) is 1. The molecule has 0 radical (unpaired) electrons. The Morgan fingerprint density at radius 2 is 1.58 bits per heavy atom. The Bertz CT molecular complexity index is 2010. The molecule has 1 aromatic heterocycles. The van der Waals surface area contributed by atoms with Gasteiger partial charge >= 0.3 is 24.0 Å². The molecule has 1 fully saturated rings. The van der Waals surface area contributed by atoms with Gasteiger partial charge in [-0.15, -0.1) is 0 Å². The van der Waals surface area contributed by atoms with Gasteiger partial charge in [-0.05, 0) is 67.3 Å². The number of anilines is 1. The van der Waals surface area contributed by atoms with E-state index in [1.54, 1.807) is 13.8 Å². The number of pyridine rings is 1. The highest BCUT2D eigenvalue weighted by Gasteiger charge is 2.28. The summed E-state index contributed by atoms with van der Waals surface area (Å²) in [5.74, 6) is -3.38. The van der Waals surface area contributed by atoms with Gasteiger partial charge in [0.25, 0.3) is 11.8 Å². The molecule has 2 aromatic carbocycles. The van der Waals surface area contributed by atoms with Crippen molar-refractivity contribution >= 4 is 53.4 Å². The van der Waals surface area contributed by atoms with Crippen molar-refractivity contribution < 1.29 is 52.5 Å². The summed E-state index contributed by atoms with van der Waals surface area (Å²) in [4.78, 5) is 84.2. The maximum atomic E-state index is 14.0. The lowest BCUT2D eigenvalue weighted by Crippen LogP contribution is -2.28. The van der Waals surface area contributed by atoms with Crippen LogP contribution in [0.1, 0.15) is 89.9 Å². The van der Waals surface area contributed by atoms with E-state index in [1.165, 1.54) is 75.6 Å². The molecule has 1 saturated carbocycles. The minimum Gasteiger partial charge on any atom is -0.496 e. The van der Waals surface area contributed by atoms with E-state index in [-0.39, 0.29) is 33.9 Å². The predicted octanol–water partition coefficient (Wildman–Crippen LogP) is 5.25. The van der Waals surface area contributed by atoms with Crippen LogP contribution in [0.25, 0.3) is 17.2 Å². The van der Waals surface area contributed by atoms with Crippen LogP contribution in [-0.4, -0.2) is 72.9 Å². The molecule has 0 saturated heterocycles. The van der Waals surface area contributed by atoms with Crippen LogP contribution in [0.4, 0.5) is 10.5 Å². The summed E-state index contributed by atoms with van der Waals surface area (Å²) in [5, 5.41) is 5.61. The summed E-state index contributed by atoms with van der Waals surface area (Å²) in [6.45, 7) is 11.4. The number of aromatic nitrogens is 1. The summed E-state index contributed by atoms with van der Waals surface area (Å²) in [6, 6.07) is 11.9. The Hall–Kier alpha value is -6.58. The summed E-state index contributed by atoms with van der Waals surface area (Å²) in [7, 11) is 1.42. The fourth-order valence-corrected chi connectivity index (χ4v) is 4.99. The largest absolute Gasteiger partial charge is 0.496 e. The number of nitrogens with one attached hydrogen (secondary N) is 2. The molecular weight excluding hydrogens is 714 g/mol. The van der Waals surface area contributed by atoms with E-state index < -0.39 is 54.3 Å². The van der Waals surface area contributed by atoms with Crippen molar-refractivity contribution in [3.63, 3.8) is 0 Å². The molecule has 2 unspecified atom stereocenters. The second-order valence-electron chi connectivity index (χ2n) is 12.7. The quantitative estimate of drug-likeness (QED) is 0.0781. The molecule has 1 aliphatic rings. The van der Waals surface area contributed by atoms with Crippen molar-refractivity contribution in [1.82, 2.24) is 10.3 Å². The summed E-state index contributed by atoms with van der Waals surface area (Å²) >= 11 is 0. The Morgan fingerprint density at radius 3 is 2.18 bits per heavy atom. The molecule has 2 atom stereocenters. The molecule has 0 aliphatic heterocycles. The molecule has 1 heterocycles. The molecule has 16 heteroatoms. The van der Waals surface area contributed by atoms with Crippen LogP contribution >= 0.6 is 0 Å². The van der Waals surface area contributed by atoms with Gasteiger partial charge in [-0.2, -0.15) is 4.99 Å². The van der Waals surface area contributed by atoms with Crippen LogP contribution in [0, 0.1) is 11.8 Å². The molecule has 16 nitrogen and oxygen atoms in total. The number of ether oxygens (including phenoxy) is 5. The molecule has 4 N–H and O–H groups in total. The zero-order valence-electron chi connectivity index (χ0n) is 31.3. The molecule has 290 valence electrons. The van der Waals surface area contributed by atoms with Gasteiger partial charge in [0.2, 0.25) is 12.6 Å². The van der Waals surface area contributed by atoms with Crippen molar-refractivity contribution in [2.45, 2.75) is 60.0 Å². The van der Waals surface area contributed by atoms with Crippen LogP contribution < -0.4 is 21.1 Å². The molecule has 3 amide bonds. The van der Waals surface area contributed by atoms with Crippen molar-refractivity contribution in [3.8, 4) is 16.9 Å². The molecule has 0 bridgehead atoms. The smallest absolute Gasteiger partial charge is 0.438 e. The van der Waals surface area contributed by atoms with E-state index in [0.29, 0.717) is 35.0 Å². The zero-order valence-corrected chi connectivity index (χ0v) is 31.3. The highest BCUT2D eigenvalue weighted by Crippen LogP contribution is 2.35. The second-order valence-corrected chi connectivity index (χ2v) is 12.7. The highest BCUT2D eigenvalue weighted by atomic mass is 16.7. The van der Waals surface area contributed by atoms with E-state index in [0.717, 1.165) is 19.8 Å². The SMILES string of the molecule is C=Cc1cc(C(=O)Nc2ccc(/C(N)=N\C(=O)OC(C)OC(C)=O)cc2)c(-c2ccc(C(=O)NCC3CC3)nc2C(=O)OC(C)OC(=O)C(C)C)cc1OC. The maximum absolute atomic E-state index is 14.0. The molecule has 3 aromatic rings. The number of nitrogens with zero attached hydrogens (tertiary/aromatic N) is 2. The third-order valence-electron chi connectivity index (χ3n) is 7.97. The number of aliphatic imine (C=N–C) groups is 1. The van der Waals surface area contributed by atoms with Gasteiger partial charge in [-0.25, -0.2) is 14.6 Å². The number of amidine groups is 1. The number of carbonyl (C=O) groups excluding carboxylic acids is 6. The molecule has 1 aliphatic carbocycles. The fraction of sp³-hybridized carbons (Fsp3) is 0.333. The van der Waals surface area contributed by atoms with Gasteiger partial charge in [0.15, 0.2) is 5.69 Å². The molecular formula is C39H43N5O11. The number of amides is 3. The molecule has 55 heavy (non-hydrogen) atoms. The van der Waals surface area contributed by atoms with E-state index in [1.807, 2.05) is 0 Å². The Balaban J connectivity index is 1.69. The van der Waals surface area contributed by atoms with Crippen molar-refractivity contribution in [3.05, 3.63) is 83.2 Å². The zero-order chi connectivity index (χ0) is 40.4. The third kappa shape index (κ3) is 11.5. The van der Waals surface area contributed by atoms with E-state index in [9.17, 15) is 28.8 Å². The molecule has 0 spiro atoms. The topological polar surface area (TPSA) is 224 Å². The Labute approximate surface area is 317 Å². The van der Waals surface area contributed by atoms with Gasteiger partial charge in [0, 0.05) is 60.8 Å². The van der Waals surface area contributed by atoms with Crippen LogP contribution in [0.15, 0.2) is 60.1 Å². The predicted molar refractivity (Wildman–Crippen MR) is 200 cm³/mol. The normalized spacial score (nSPS) is 13.5. The van der Waals surface area contributed by atoms with E-state index >= 15 is 0 Å². The fourth-order valence-electron chi connectivity index (χ4n) is 4.99. The first-order chi connectivity index (χ1) is 26.1. The summed E-state index contributed by atoms with van der Waals surface area (Å²) in [5.41, 5.74) is 7.01. The standard InChI is InChI=1S/C39H43N5O11/c1-8-25-17-30(35(46)42-27-13-11-26(12-14-27)34(40)44-39(50)55-22(5)52-21(4)45)29(18-32(25)51-7)28-15-16-31(36(47)41-19-24-9-10-24)43-33(28)38(49)54-23(6)53-37(48)20(2)3/h8,11-18,20,22-24H,1,9-10,19H2,2-7H3,(H,41,47)(H,42,46)(H2,40,44,50). The van der Waals surface area contributed by atoms with Crippen LogP contribution in [0.5, 0.6) is 5.75 Å². The number of esters is 3. The molecule has 4 rings (SSSR count).